The van der Waals surface area contributed by atoms with Gasteiger partial charge in [0.1, 0.15) is 0 Å². The second kappa shape index (κ2) is 23.4. The maximum absolute atomic E-state index is 10.1. The summed E-state index contributed by atoms with van der Waals surface area (Å²) in [6.45, 7) is 7.80. The molecular weight excluding hydrogens is 405 g/mol. The number of rotatable bonds is 25. The van der Waals surface area contributed by atoms with Crippen LogP contribution >= 0.6 is 8.09 Å². The van der Waals surface area contributed by atoms with Gasteiger partial charge in [0.25, 0.3) is 0 Å². The molecular formula is C26H58NO3P. The number of unbranched alkanes of at least 4 members (excludes halogenated alkanes) is 17. The van der Waals surface area contributed by atoms with E-state index in [4.69, 9.17) is 14.6 Å². The van der Waals surface area contributed by atoms with Crippen molar-refractivity contribution in [3.05, 3.63) is 0 Å². The summed E-state index contributed by atoms with van der Waals surface area (Å²) in [6, 6.07) is 0. The molecule has 3 N–H and O–H groups in total. The van der Waals surface area contributed by atoms with Gasteiger partial charge < -0.3 is 0 Å². The fourth-order valence-electron chi connectivity index (χ4n) is 3.96. The summed E-state index contributed by atoms with van der Waals surface area (Å²) in [6.07, 6.45) is 26.2. The van der Waals surface area contributed by atoms with Crippen molar-refractivity contribution in [2.75, 3.05) is 13.2 Å². The topological polar surface area (TPSA) is 64.7 Å². The monoisotopic (exact) mass is 463 g/mol. The summed E-state index contributed by atoms with van der Waals surface area (Å²) in [7, 11) is -3.39. The van der Waals surface area contributed by atoms with Crippen LogP contribution in [0.4, 0.5) is 0 Å². The minimum absolute atomic E-state index is 0.510. The van der Waals surface area contributed by atoms with Gasteiger partial charge in [0, 0.05) is 0 Å². The zero-order chi connectivity index (χ0) is 23.0. The summed E-state index contributed by atoms with van der Waals surface area (Å²) in [4.78, 5) is 10.1. The molecule has 0 amide bonds. The van der Waals surface area contributed by atoms with E-state index in [0.29, 0.717) is 13.2 Å². The Balaban J connectivity index is 3.25. The SMILES string of the molecule is CCCCCCCCCCCCCCCCCCO[PH](N)(O)OCCCCCC(C)C. The van der Waals surface area contributed by atoms with Crippen LogP contribution in [0.2, 0.25) is 0 Å². The molecule has 0 aromatic heterocycles. The normalized spacial score (nSPS) is 12.7. The molecule has 0 spiro atoms. The molecule has 5 heteroatoms. The quantitative estimate of drug-likeness (QED) is 0.105. The Labute approximate surface area is 196 Å². The molecule has 0 aromatic carbocycles. The molecule has 31 heavy (non-hydrogen) atoms. The van der Waals surface area contributed by atoms with E-state index in [1.165, 1.54) is 103 Å². The van der Waals surface area contributed by atoms with Gasteiger partial charge in [-0.15, -0.1) is 0 Å². The van der Waals surface area contributed by atoms with Crippen molar-refractivity contribution in [3.8, 4) is 0 Å². The Morgan fingerprint density at radius 1 is 0.581 bits per heavy atom. The van der Waals surface area contributed by atoms with Crippen LogP contribution in [0.25, 0.3) is 0 Å². The molecule has 0 saturated heterocycles. The number of hydrogen-bond acceptors (Lipinski definition) is 4. The third-order valence-electron chi connectivity index (χ3n) is 6.04. The molecule has 190 valence electrons. The Kier molecular flexibility index (Phi) is 23.6. The average Bonchev–Trinajstić information content (AvgIpc) is 2.72. The summed E-state index contributed by atoms with van der Waals surface area (Å²) < 4.78 is 10.9. The van der Waals surface area contributed by atoms with Crippen molar-refractivity contribution >= 4 is 8.09 Å². The maximum atomic E-state index is 10.1. The zero-order valence-corrected chi connectivity index (χ0v) is 22.5. The van der Waals surface area contributed by atoms with Gasteiger partial charge in [0.2, 0.25) is 0 Å². The fourth-order valence-corrected chi connectivity index (χ4v) is 4.92. The van der Waals surface area contributed by atoms with Crippen LogP contribution in [-0.4, -0.2) is 18.1 Å². The predicted molar refractivity (Wildman–Crippen MR) is 139 cm³/mol. The molecule has 0 bridgehead atoms. The van der Waals surface area contributed by atoms with Gasteiger partial charge in [-0.05, 0) is 0 Å². The van der Waals surface area contributed by atoms with Gasteiger partial charge in [-0.2, -0.15) is 0 Å². The van der Waals surface area contributed by atoms with Crippen molar-refractivity contribution < 1.29 is 13.9 Å². The molecule has 0 aliphatic carbocycles. The van der Waals surface area contributed by atoms with Crippen molar-refractivity contribution in [1.29, 1.82) is 0 Å². The standard InChI is InChI=1S/C26H58NO3P/c1-4-5-6-7-8-9-10-11-12-13-14-15-16-17-18-21-24-29-31(27,28)30-25-22-19-20-23-26(2)3/h26,28,31H,4-25,27H2,1-3H3. The Morgan fingerprint density at radius 2 is 0.903 bits per heavy atom. The molecule has 0 aliphatic rings. The van der Waals surface area contributed by atoms with E-state index in [1.807, 2.05) is 0 Å². The molecule has 0 unspecified atom stereocenters. The van der Waals surface area contributed by atoms with E-state index in [-0.39, 0.29) is 0 Å². The van der Waals surface area contributed by atoms with Crippen molar-refractivity contribution in [1.82, 2.24) is 0 Å². The third-order valence-corrected chi connectivity index (χ3v) is 7.28. The van der Waals surface area contributed by atoms with Crippen LogP contribution in [0, 0.1) is 5.92 Å². The molecule has 0 saturated carbocycles. The summed E-state index contributed by atoms with van der Waals surface area (Å²) >= 11 is 0. The molecule has 0 atom stereocenters. The molecule has 0 aliphatic heterocycles. The first-order chi connectivity index (χ1) is 15.0. The van der Waals surface area contributed by atoms with Gasteiger partial charge in [0.05, 0.1) is 0 Å². The molecule has 0 rings (SSSR count). The van der Waals surface area contributed by atoms with E-state index in [1.54, 1.807) is 0 Å². The minimum atomic E-state index is -3.39. The van der Waals surface area contributed by atoms with Gasteiger partial charge in [-0.25, -0.2) is 0 Å². The van der Waals surface area contributed by atoms with Crippen molar-refractivity contribution in [2.45, 2.75) is 149 Å². The molecule has 0 fully saturated rings. The van der Waals surface area contributed by atoms with Crippen LogP contribution in [0.15, 0.2) is 0 Å². The molecule has 0 radical (unpaired) electrons. The van der Waals surface area contributed by atoms with Crippen LogP contribution in [0.5, 0.6) is 0 Å². The summed E-state index contributed by atoms with van der Waals surface area (Å²) in [5.74, 6) is 0.754. The number of hydrogen-bond donors (Lipinski definition) is 2. The van der Waals surface area contributed by atoms with Gasteiger partial charge >= 0.3 is 150 Å². The Bertz CT molecular complexity index is 354. The average molecular weight is 464 g/mol. The van der Waals surface area contributed by atoms with Gasteiger partial charge in [-0.1, -0.05) is 45.4 Å². The third kappa shape index (κ3) is 26.4. The van der Waals surface area contributed by atoms with E-state index >= 15 is 0 Å². The Hall–Kier alpha value is 0.270. The van der Waals surface area contributed by atoms with Crippen molar-refractivity contribution in [2.24, 2.45) is 11.4 Å². The fraction of sp³-hybridized carbons (Fsp3) is 1.00. The summed E-state index contributed by atoms with van der Waals surface area (Å²) in [5, 5.41) is 0. The zero-order valence-electron chi connectivity index (χ0n) is 21.5. The van der Waals surface area contributed by atoms with Crippen LogP contribution in [0.1, 0.15) is 149 Å². The second-order valence-electron chi connectivity index (χ2n) is 9.87. The van der Waals surface area contributed by atoms with Crippen molar-refractivity contribution in [3.63, 3.8) is 0 Å². The van der Waals surface area contributed by atoms with E-state index in [9.17, 15) is 4.89 Å². The van der Waals surface area contributed by atoms with Crippen LogP contribution in [0.3, 0.4) is 0 Å². The number of nitrogens with two attached hydrogens (primary N) is 1. The Morgan fingerprint density at radius 3 is 1.26 bits per heavy atom. The van der Waals surface area contributed by atoms with Crippen LogP contribution < -0.4 is 5.50 Å². The first-order valence-electron chi connectivity index (χ1n) is 13.8. The van der Waals surface area contributed by atoms with Crippen LogP contribution in [-0.2, 0) is 9.05 Å². The van der Waals surface area contributed by atoms with E-state index in [0.717, 1.165) is 31.6 Å². The predicted octanol–water partition coefficient (Wildman–Crippen LogP) is 8.86. The molecule has 0 aromatic rings. The molecule has 4 nitrogen and oxygen atoms in total. The second-order valence-corrected chi connectivity index (χ2v) is 11.7. The van der Waals surface area contributed by atoms with E-state index in [2.05, 4.69) is 20.8 Å². The van der Waals surface area contributed by atoms with E-state index < -0.39 is 8.09 Å². The first kappa shape index (κ1) is 31.3. The first-order valence-corrected chi connectivity index (χ1v) is 15.6. The van der Waals surface area contributed by atoms with Gasteiger partial charge in [0.15, 0.2) is 0 Å². The molecule has 0 heterocycles. The van der Waals surface area contributed by atoms with Gasteiger partial charge in [-0.3, -0.25) is 0 Å². The summed E-state index contributed by atoms with van der Waals surface area (Å²) in [5.41, 5.74) is 5.80.